The Morgan fingerprint density at radius 3 is 0.467 bits per heavy atom. The van der Waals surface area contributed by atoms with E-state index in [0.717, 1.165) is 0 Å². The molecular formula is B3GdO9TbY. The van der Waals surface area contributed by atoms with E-state index in [1.54, 1.807) is 0 Å². The van der Waals surface area contributed by atoms with Gasteiger partial charge in [0, 0.05) is 0 Å². The van der Waals surface area contributed by atoms with E-state index < -0.39 is 22.0 Å². The summed E-state index contributed by atoms with van der Waals surface area (Å²) in [5, 5.41) is 75.8. The van der Waals surface area contributed by atoms with Crippen LogP contribution in [-0.4, -0.2) is 22.0 Å². The second kappa shape index (κ2) is 30.5. The Labute approximate surface area is 175 Å². The molecule has 0 amide bonds. The quantitative estimate of drug-likeness (QED) is 0.249. The summed E-state index contributed by atoms with van der Waals surface area (Å²) in [6.07, 6.45) is 0. The van der Waals surface area contributed by atoms with Crippen LogP contribution in [0.3, 0.4) is 0 Å². The Bertz CT molecular complexity index is 53.8. The van der Waals surface area contributed by atoms with Gasteiger partial charge in [-0.05, 0) is 0 Å². The summed E-state index contributed by atoms with van der Waals surface area (Å²) in [6, 6.07) is 0. The largest absolute Gasteiger partial charge is 3.00 e. The molecule has 1 radical (unpaired) electrons. The maximum Gasteiger partial charge on any atom is 3.00 e. The molecule has 15 heavy (non-hydrogen) atoms. The maximum absolute atomic E-state index is 8.42. The van der Waals surface area contributed by atoms with Crippen LogP contribution in [0.25, 0.3) is 0 Å². The first-order chi connectivity index (χ1) is 5.20. The molecule has 83 valence electrons. The molecule has 0 spiro atoms. The van der Waals surface area contributed by atoms with Gasteiger partial charge < -0.3 is 45.2 Å². The zero-order valence-corrected chi connectivity index (χ0v) is 13.9. The first-order valence-corrected chi connectivity index (χ1v) is 2.12. The second-order valence-corrected chi connectivity index (χ2v) is 0.866. The average molecular weight is 582 g/mol. The fraction of sp³-hybridized carbons (Fsp3) is 0. The minimum Gasteiger partial charge on any atom is -0.907 e. The molecule has 0 aromatic rings. The van der Waals surface area contributed by atoms with Gasteiger partial charge in [-0.3, -0.25) is 22.0 Å². The van der Waals surface area contributed by atoms with Gasteiger partial charge in [0.05, 0.1) is 0 Å². The van der Waals surface area contributed by atoms with Crippen LogP contribution < -0.4 is 45.2 Å². The first kappa shape index (κ1) is 36.3. The topological polar surface area (TPSA) is 208 Å². The van der Waals surface area contributed by atoms with E-state index in [0.29, 0.717) is 0 Å². The molecule has 0 atom stereocenters. The van der Waals surface area contributed by atoms with Gasteiger partial charge in [-0.1, -0.05) is 0 Å². The van der Waals surface area contributed by atoms with Gasteiger partial charge in [-0.15, -0.1) is 0 Å². The van der Waals surface area contributed by atoms with Crippen molar-refractivity contribution >= 4 is 22.0 Å². The third-order valence-electron chi connectivity index (χ3n) is 0. The Morgan fingerprint density at radius 1 is 0.467 bits per heavy atom. The molecule has 9 nitrogen and oxygen atoms in total. The molecule has 0 aliphatic heterocycles. The molecule has 0 N–H and O–H groups in total. The Kier molecular flexibility index (Phi) is 73.8. The van der Waals surface area contributed by atoms with E-state index >= 15 is 0 Å². The average Bonchev–Trinajstić information content (AvgIpc) is 1.54. The monoisotopic (exact) mass is 583 g/mol. The summed E-state index contributed by atoms with van der Waals surface area (Å²) < 4.78 is 0. The van der Waals surface area contributed by atoms with Crippen molar-refractivity contribution in [1.82, 2.24) is 0 Å². The molecule has 0 rings (SSSR count). The van der Waals surface area contributed by atoms with Crippen LogP contribution in [0.4, 0.5) is 0 Å². The Hall–Kier alpha value is 3.55. The minimum atomic E-state index is -2.92. The summed E-state index contributed by atoms with van der Waals surface area (Å²) in [5.41, 5.74) is 0. The van der Waals surface area contributed by atoms with Gasteiger partial charge in [-0.2, -0.15) is 0 Å². The van der Waals surface area contributed by atoms with E-state index in [2.05, 4.69) is 0 Å². The first-order valence-electron chi connectivity index (χ1n) is 2.12. The smallest absolute Gasteiger partial charge is 0.907 e. The van der Waals surface area contributed by atoms with Gasteiger partial charge in [0.15, 0.2) is 0 Å². The minimum absolute atomic E-state index is 0. The molecule has 15 heteroatoms. The van der Waals surface area contributed by atoms with E-state index in [-0.39, 0.29) is 111 Å². The van der Waals surface area contributed by atoms with Crippen LogP contribution in [0.5, 0.6) is 0 Å². The standard InChI is InChI=1S/3BO3.Gd.Tb.Y/c3*2-1(3)4;;;/q3*-3;3*+3. The molecule has 0 aliphatic rings. The van der Waals surface area contributed by atoms with Crippen molar-refractivity contribution in [3.8, 4) is 0 Å². The van der Waals surface area contributed by atoms with E-state index in [1.807, 2.05) is 0 Å². The summed E-state index contributed by atoms with van der Waals surface area (Å²) in [5.74, 6) is 0. The van der Waals surface area contributed by atoms with Crippen molar-refractivity contribution in [2.24, 2.45) is 0 Å². The van der Waals surface area contributed by atoms with Crippen molar-refractivity contribution in [2.45, 2.75) is 0 Å². The second-order valence-electron chi connectivity index (χ2n) is 0.866. The number of rotatable bonds is 0. The predicted octanol–water partition coefficient (Wildman–Crippen LogP) is -11.8. The Balaban J connectivity index is -0.0000000184. The van der Waals surface area contributed by atoms with Crippen LogP contribution in [0.1, 0.15) is 0 Å². The zero-order valence-electron chi connectivity index (χ0n) is 6.67. The van der Waals surface area contributed by atoms with Gasteiger partial charge in [0.2, 0.25) is 0 Å². The van der Waals surface area contributed by atoms with Gasteiger partial charge in [0.25, 0.3) is 0 Å². The van der Waals surface area contributed by atoms with Crippen LogP contribution in [0, 0.1) is 78.6 Å². The zero-order chi connectivity index (χ0) is 10.7. The molecule has 0 aromatic carbocycles. The third kappa shape index (κ3) is 337. The summed E-state index contributed by atoms with van der Waals surface area (Å²) in [4.78, 5) is 0. The fourth-order valence-electron chi connectivity index (χ4n) is 0. The molecule has 0 heterocycles. The van der Waals surface area contributed by atoms with E-state index in [1.165, 1.54) is 0 Å². The van der Waals surface area contributed by atoms with Gasteiger partial charge >= 0.3 is 111 Å². The van der Waals surface area contributed by atoms with Crippen molar-refractivity contribution in [2.75, 3.05) is 0 Å². The van der Waals surface area contributed by atoms with Crippen LogP contribution >= 0.6 is 0 Å². The molecule has 0 aliphatic carbocycles. The molecule has 0 fully saturated rings. The van der Waals surface area contributed by atoms with Crippen molar-refractivity contribution in [3.63, 3.8) is 0 Å². The van der Waals surface area contributed by atoms with Crippen molar-refractivity contribution in [3.05, 3.63) is 0 Å². The van der Waals surface area contributed by atoms with Gasteiger partial charge in [-0.25, -0.2) is 0 Å². The summed E-state index contributed by atoms with van der Waals surface area (Å²) >= 11 is 0. The third-order valence-corrected chi connectivity index (χ3v) is 0. The molecule has 0 aromatic heterocycles. The molecule has 0 saturated carbocycles. The number of hydrogen-bond donors (Lipinski definition) is 0. The molecule has 0 saturated heterocycles. The van der Waals surface area contributed by atoms with E-state index in [9.17, 15) is 0 Å². The van der Waals surface area contributed by atoms with E-state index in [4.69, 9.17) is 45.2 Å². The fourth-order valence-corrected chi connectivity index (χ4v) is 0. The summed E-state index contributed by atoms with van der Waals surface area (Å²) in [6.45, 7) is 0. The van der Waals surface area contributed by atoms with Crippen LogP contribution in [0.15, 0.2) is 0 Å². The predicted molar refractivity (Wildman–Crippen MR) is 17.3 cm³/mol. The molecule has 0 bridgehead atoms. The summed E-state index contributed by atoms with van der Waals surface area (Å²) in [7, 11) is -8.75. The van der Waals surface area contributed by atoms with Crippen LogP contribution in [0.2, 0.25) is 0 Å². The normalized spacial score (nSPS) is 5.40. The van der Waals surface area contributed by atoms with Crippen molar-refractivity contribution < 1.29 is 156 Å². The number of hydrogen-bond acceptors (Lipinski definition) is 9. The SMILES string of the molecule is [Gd+3].[O-]B([O-])[O-].[O-]B([O-])[O-].[O-]B([O-])[O-].[Tb+3].[Y+3]. The van der Waals surface area contributed by atoms with Gasteiger partial charge in [0.1, 0.15) is 0 Å². The van der Waals surface area contributed by atoms with Crippen LogP contribution in [-0.2, 0) is 32.7 Å². The molecule has 0 unspecified atom stereocenters. The Morgan fingerprint density at radius 2 is 0.467 bits per heavy atom. The molecular weight excluding hydrogens is 582 g/mol. The maximum atomic E-state index is 8.42. The van der Waals surface area contributed by atoms with Crippen molar-refractivity contribution in [1.29, 1.82) is 0 Å².